The molecule has 1 saturated carbocycles. The highest BCUT2D eigenvalue weighted by molar-refractivity contribution is 5.81. The Labute approximate surface area is 125 Å². The summed E-state index contributed by atoms with van der Waals surface area (Å²) >= 11 is 0. The summed E-state index contributed by atoms with van der Waals surface area (Å²) in [5.74, 6) is -1.13. The molecule has 0 aromatic carbocycles. The van der Waals surface area contributed by atoms with E-state index in [0.29, 0.717) is 38.9 Å². The van der Waals surface area contributed by atoms with Crippen molar-refractivity contribution in [1.82, 2.24) is 9.80 Å². The monoisotopic (exact) mass is 298 g/mol. The minimum atomic E-state index is -0.778. The molecule has 2 fully saturated rings. The van der Waals surface area contributed by atoms with E-state index < -0.39 is 11.6 Å². The molecular formula is C15H26N2O4. The lowest BCUT2D eigenvalue weighted by atomic mass is 10.0. The molecular weight excluding hydrogens is 272 g/mol. The van der Waals surface area contributed by atoms with Gasteiger partial charge in [-0.1, -0.05) is 0 Å². The van der Waals surface area contributed by atoms with Gasteiger partial charge in [-0.25, -0.2) is 0 Å². The van der Waals surface area contributed by atoms with Gasteiger partial charge in [-0.3, -0.25) is 14.5 Å². The summed E-state index contributed by atoms with van der Waals surface area (Å²) in [5, 5.41) is 18.8. The molecule has 2 aliphatic rings. The maximum Gasteiger partial charge on any atom is 0.306 e. The lowest BCUT2D eigenvalue weighted by Gasteiger charge is -2.38. The number of aliphatic carboxylic acids is 1. The Balaban J connectivity index is 1.80. The summed E-state index contributed by atoms with van der Waals surface area (Å²) in [6.45, 7) is 7.06. The van der Waals surface area contributed by atoms with Crippen molar-refractivity contribution in [2.24, 2.45) is 11.8 Å². The first kappa shape index (κ1) is 16.2. The van der Waals surface area contributed by atoms with E-state index in [9.17, 15) is 14.7 Å². The first-order valence-electron chi connectivity index (χ1n) is 7.72. The minimum absolute atomic E-state index is 0.113. The van der Waals surface area contributed by atoms with Gasteiger partial charge in [-0.15, -0.1) is 0 Å². The van der Waals surface area contributed by atoms with Crippen molar-refractivity contribution in [2.45, 2.75) is 38.7 Å². The third-order valence-electron chi connectivity index (χ3n) is 4.43. The van der Waals surface area contributed by atoms with E-state index in [4.69, 9.17) is 5.11 Å². The van der Waals surface area contributed by atoms with Crippen molar-refractivity contribution >= 4 is 11.9 Å². The number of rotatable bonds is 4. The molecule has 0 aromatic heterocycles. The van der Waals surface area contributed by atoms with Crippen LogP contribution in [0.25, 0.3) is 0 Å². The van der Waals surface area contributed by atoms with Crippen LogP contribution in [0, 0.1) is 11.8 Å². The Morgan fingerprint density at radius 3 is 2.14 bits per heavy atom. The molecule has 0 bridgehead atoms. The molecule has 2 N–H and O–H groups in total. The number of piperazine rings is 1. The summed E-state index contributed by atoms with van der Waals surface area (Å²) in [7, 11) is 0. The topological polar surface area (TPSA) is 81.1 Å². The summed E-state index contributed by atoms with van der Waals surface area (Å²) in [6, 6.07) is 0. The van der Waals surface area contributed by atoms with Crippen molar-refractivity contribution in [3.05, 3.63) is 0 Å². The summed E-state index contributed by atoms with van der Waals surface area (Å²) in [5.41, 5.74) is -0.716. The van der Waals surface area contributed by atoms with Crippen molar-refractivity contribution in [1.29, 1.82) is 0 Å². The second-order valence-electron chi connectivity index (χ2n) is 6.96. The molecule has 1 amide bonds. The summed E-state index contributed by atoms with van der Waals surface area (Å²) < 4.78 is 0. The van der Waals surface area contributed by atoms with E-state index in [-0.39, 0.29) is 17.7 Å². The van der Waals surface area contributed by atoms with Crippen molar-refractivity contribution < 1.29 is 19.8 Å². The van der Waals surface area contributed by atoms with Gasteiger partial charge in [0, 0.05) is 38.6 Å². The Hall–Kier alpha value is -1.14. The van der Waals surface area contributed by atoms with E-state index >= 15 is 0 Å². The van der Waals surface area contributed by atoms with E-state index in [1.54, 1.807) is 13.8 Å². The van der Waals surface area contributed by atoms with Crippen LogP contribution in [-0.2, 0) is 9.59 Å². The Bertz CT molecular complexity index is 397. The molecule has 2 rings (SSSR count). The van der Waals surface area contributed by atoms with Crippen LogP contribution in [0.4, 0.5) is 0 Å². The average molecular weight is 298 g/mol. The van der Waals surface area contributed by atoms with Gasteiger partial charge in [0.2, 0.25) is 5.91 Å². The highest BCUT2D eigenvalue weighted by Gasteiger charge is 2.36. The molecule has 2 atom stereocenters. The van der Waals surface area contributed by atoms with E-state index in [0.717, 1.165) is 13.1 Å². The number of carbonyl (C=O) groups excluding carboxylic acids is 1. The maximum atomic E-state index is 12.4. The van der Waals surface area contributed by atoms with E-state index in [1.165, 1.54) is 0 Å². The normalized spacial score (nSPS) is 27.9. The number of β-amino-alcohol motifs (C(OH)–C–C–N with tert-alkyl or cyclic N) is 1. The van der Waals surface area contributed by atoms with Crippen molar-refractivity contribution in [2.75, 3.05) is 32.7 Å². The molecule has 1 aliphatic carbocycles. The fourth-order valence-corrected chi connectivity index (χ4v) is 3.36. The fraction of sp³-hybridized carbons (Fsp3) is 0.867. The van der Waals surface area contributed by atoms with Gasteiger partial charge < -0.3 is 15.1 Å². The van der Waals surface area contributed by atoms with Gasteiger partial charge in [-0.05, 0) is 33.1 Å². The molecule has 21 heavy (non-hydrogen) atoms. The van der Waals surface area contributed by atoms with Crippen LogP contribution in [0.1, 0.15) is 33.1 Å². The number of carboxylic acids is 1. The molecule has 0 radical (unpaired) electrons. The number of hydrogen-bond acceptors (Lipinski definition) is 4. The second-order valence-corrected chi connectivity index (χ2v) is 6.96. The van der Waals surface area contributed by atoms with Crippen LogP contribution in [0.2, 0.25) is 0 Å². The smallest absolute Gasteiger partial charge is 0.306 e. The number of carbonyl (C=O) groups is 2. The highest BCUT2D eigenvalue weighted by atomic mass is 16.4. The van der Waals surface area contributed by atoms with Crippen molar-refractivity contribution in [3.8, 4) is 0 Å². The van der Waals surface area contributed by atoms with Gasteiger partial charge in [0.15, 0.2) is 0 Å². The van der Waals surface area contributed by atoms with Crippen LogP contribution in [0.3, 0.4) is 0 Å². The zero-order valence-corrected chi connectivity index (χ0v) is 12.9. The van der Waals surface area contributed by atoms with E-state index in [1.807, 2.05) is 4.90 Å². The number of amides is 1. The number of carboxylic acid groups (broad SMARTS) is 1. The summed E-state index contributed by atoms with van der Waals surface area (Å²) in [4.78, 5) is 27.4. The summed E-state index contributed by atoms with van der Waals surface area (Å²) in [6.07, 6.45) is 1.79. The molecule has 120 valence electrons. The largest absolute Gasteiger partial charge is 0.481 e. The maximum absolute atomic E-state index is 12.4. The quantitative estimate of drug-likeness (QED) is 0.785. The van der Waals surface area contributed by atoms with Crippen LogP contribution in [0.5, 0.6) is 0 Å². The average Bonchev–Trinajstić information content (AvgIpc) is 2.86. The number of hydrogen-bond donors (Lipinski definition) is 2. The van der Waals surface area contributed by atoms with Crippen LogP contribution in [0.15, 0.2) is 0 Å². The predicted octanol–water partition coefficient (Wildman–Crippen LogP) is 0.402. The van der Waals surface area contributed by atoms with Crippen LogP contribution in [-0.4, -0.2) is 70.2 Å². The van der Waals surface area contributed by atoms with Gasteiger partial charge in [0.25, 0.3) is 0 Å². The Kier molecular flexibility index (Phi) is 4.88. The molecule has 0 aromatic rings. The number of aliphatic hydroxyl groups is 1. The van der Waals surface area contributed by atoms with Crippen LogP contribution < -0.4 is 0 Å². The minimum Gasteiger partial charge on any atom is -0.481 e. The van der Waals surface area contributed by atoms with Gasteiger partial charge >= 0.3 is 5.97 Å². The molecule has 6 heteroatoms. The fourth-order valence-electron chi connectivity index (χ4n) is 3.36. The molecule has 6 nitrogen and oxygen atoms in total. The molecule has 1 aliphatic heterocycles. The molecule has 1 saturated heterocycles. The second kappa shape index (κ2) is 6.32. The SMILES string of the molecule is CC(C)(O)CN1CCN(C(=O)[C@@H]2CC[C@H](C(=O)O)C2)CC1. The lowest BCUT2D eigenvalue weighted by molar-refractivity contribution is -0.142. The van der Waals surface area contributed by atoms with Gasteiger partial charge in [0.1, 0.15) is 0 Å². The third kappa shape index (κ3) is 4.41. The standard InChI is InChI=1S/C15H26N2O4/c1-15(2,21)10-16-5-7-17(8-6-16)13(18)11-3-4-12(9-11)14(19)20/h11-12,21H,3-10H2,1-2H3,(H,19,20)/t11-,12+/m1/s1. The zero-order chi connectivity index (χ0) is 15.6. The number of nitrogens with zero attached hydrogens (tertiary/aromatic N) is 2. The zero-order valence-electron chi connectivity index (χ0n) is 12.9. The molecule has 1 heterocycles. The Morgan fingerprint density at radius 1 is 1.10 bits per heavy atom. The van der Waals surface area contributed by atoms with E-state index in [2.05, 4.69) is 4.90 Å². The first-order valence-corrected chi connectivity index (χ1v) is 7.72. The Morgan fingerprint density at radius 2 is 1.67 bits per heavy atom. The predicted molar refractivity (Wildman–Crippen MR) is 77.8 cm³/mol. The highest BCUT2D eigenvalue weighted by Crippen LogP contribution is 2.32. The van der Waals surface area contributed by atoms with Gasteiger partial charge in [-0.2, -0.15) is 0 Å². The van der Waals surface area contributed by atoms with Crippen LogP contribution >= 0.6 is 0 Å². The molecule has 0 unspecified atom stereocenters. The lowest BCUT2D eigenvalue weighted by Crippen LogP contribution is -2.52. The van der Waals surface area contributed by atoms with Crippen molar-refractivity contribution in [3.63, 3.8) is 0 Å². The third-order valence-corrected chi connectivity index (χ3v) is 4.43. The molecule has 0 spiro atoms. The first-order chi connectivity index (χ1) is 9.76. The van der Waals surface area contributed by atoms with Gasteiger partial charge in [0.05, 0.1) is 11.5 Å².